The summed E-state index contributed by atoms with van der Waals surface area (Å²) in [6.07, 6.45) is 9.27. The molecule has 0 saturated carbocycles. The first-order valence-electron chi connectivity index (χ1n) is 15.0. The summed E-state index contributed by atoms with van der Waals surface area (Å²) in [6, 6.07) is 19.6. The van der Waals surface area contributed by atoms with Gasteiger partial charge in [0, 0.05) is 51.7 Å². The zero-order chi connectivity index (χ0) is 28.9. The van der Waals surface area contributed by atoms with Crippen molar-refractivity contribution in [1.29, 1.82) is 0 Å². The summed E-state index contributed by atoms with van der Waals surface area (Å²) in [5.41, 5.74) is 10.9. The van der Waals surface area contributed by atoms with Crippen LogP contribution in [0.4, 0.5) is 0 Å². The molecule has 0 aliphatic carbocycles. The minimum atomic E-state index is 0.260. The van der Waals surface area contributed by atoms with Gasteiger partial charge in [-0.25, -0.2) is 9.55 Å². The normalized spacial score (nSPS) is 12.9. The quantitative estimate of drug-likeness (QED) is 0.205. The van der Waals surface area contributed by atoms with E-state index in [1.54, 1.807) is 0 Å². The number of nitrogens with zero attached hydrogens (tertiary/aromatic N) is 4. The Hall–Kier alpha value is -4.64. The van der Waals surface area contributed by atoms with Crippen LogP contribution in [0.3, 0.4) is 0 Å². The minimum Gasteiger partial charge on any atom is -0.456 e. The second-order valence-electron chi connectivity index (χ2n) is 12.4. The van der Waals surface area contributed by atoms with Crippen LogP contribution in [0, 0.1) is 6.92 Å². The average Bonchev–Trinajstić information content (AvgIpc) is 3.74. The zero-order valence-electron chi connectivity index (χ0n) is 25.1. The number of hydrogen-bond donors (Lipinski definition) is 0. The Morgan fingerprint density at radius 2 is 1.57 bits per heavy atom. The fraction of sp³-hybridized carbons (Fsp3) is 0.243. The molecule has 0 atom stereocenters. The smallest absolute Gasteiger partial charge is 0.294 e. The molecule has 208 valence electrons. The molecule has 42 heavy (non-hydrogen) atoms. The molecule has 4 aromatic carbocycles. The molecule has 8 rings (SSSR count). The van der Waals surface area contributed by atoms with Crippen LogP contribution >= 0.6 is 0 Å². The summed E-state index contributed by atoms with van der Waals surface area (Å²) in [6.45, 7) is 11.5. The number of hydrogen-bond acceptors (Lipinski definition) is 2. The highest BCUT2D eigenvalue weighted by molar-refractivity contribution is 6.07. The highest BCUT2D eigenvalue weighted by atomic mass is 16.3. The summed E-state index contributed by atoms with van der Waals surface area (Å²) in [5.74, 6) is 2.86. The Morgan fingerprint density at radius 3 is 2.33 bits per heavy atom. The highest BCUT2D eigenvalue weighted by Gasteiger charge is 2.35. The van der Waals surface area contributed by atoms with E-state index in [1.165, 1.54) is 66.6 Å². The van der Waals surface area contributed by atoms with Crippen molar-refractivity contribution < 1.29 is 8.98 Å². The van der Waals surface area contributed by atoms with E-state index >= 15 is 0 Å². The van der Waals surface area contributed by atoms with Crippen LogP contribution in [0.25, 0.3) is 55.5 Å². The molecule has 1 aliphatic rings. The predicted molar refractivity (Wildman–Crippen MR) is 170 cm³/mol. The monoisotopic (exact) mass is 551 g/mol. The topological polar surface area (TPSA) is 39.8 Å². The zero-order valence-corrected chi connectivity index (χ0v) is 25.1. The van der Waals surface area contributed by atoms with Crippen molar-refractivity contribution in [3.05, 3.63) is 107 Å². The van der Waals surface area contributed by atoms with Gasteiger partial charge in [0.15, 0.2) is 0 Å². The summed E-state index contributed by atoms with van der Waals surface area (Å²) in [7, 11) is 2.17. The first-order valence-corrected chi connectivity index (χ1v) is 15.0. The largest absolute Gasteiger partial charge is 0.456 e. The first kappa shape index (κ1) is 25.1. The van der Waals surface area contributed by atoms with Gasteiger partial charge in [0.1, 0.15) is 35.1 Å². The molecule has 0 spiro atoms. The van der Waals surface area contributed by atoms with E-state index in [0.29, 0.717) is 5.92 Å². The van der Waals surface area contributed by atoms with E-state index in [9.17, 15) is 0 Å². The Labute approximate surface area is 245 Å². The lowest BCUT2D eigenvalue weighted by atomic mass is 9.89. The summed E-state index contributed by atoms with van der Waals surface area (Å²) in [5, 5.41) is 4.94. The second kappa shape index (κ2) is 8.93. The molecule has 5 nitrogen and oxygen atoms in total. The second-order valence-corrected chi connectivity index (χ2v) is 12.4. The number of rotatable bonds is 4. The molecular formula is C37H35N4O+. The predicted octanol–water partition coefficient (Wildman–Crippen LogP) is 8.67. The van der Waals surface area contributed by atoms with Gasteiger partial charge >= 0.3 is 0 Å². The molecular weight excluding hydrogens is 516 g/mol. The first-order chi connectivity index (χ1) is 20.3. The third-order valence-electron chi connectivity index (χ3n) is 9.21. The molecule has 0 amide bonds. The molecule has 0 bridgehead atoms. The fourth-order valence-electron chi connectivity index (χ4n) is 7.33. The van der Waals surface area contributed by atoms with E-state index < -0.39 is 0 Å². The van der Waals surface area contributed by atoms with Crippen molar-refractivity contribution in [3.8, 4) is 22.8 Å². The van der Waals surface area contributed by atoms with Gasteiger partial charge in [0.2, 0.25) is 0 Å². The standard InChI is InChI=1S/C37H35N4O/c1-21(2)27-19-28-25-12-9-10-14-30(25)42-36(28)32(22(3)4)35(27)41-18-17-39(6)37(41)33-23(5)24-11-7-8-13-26(24)34-29(33)20-31-38-15-16-40(31)34/h7-19,21-22H,20H2,1-6H3/q+1. The van der Waals surface area contributed by atoms with E-state index in [-0.39, 0.29) is 5.92 Å². The summed E-state index contributed by atoms with van der Waals surface area (Å²) in [4.78, 5) is 4.74. The number of fused-ring (bicyclic) bond motifs is 8. The maximum absolute atomic E-state index is 6.65. The maximum Gasteiger partial charge on any atom is 0.294 e. The summed E-state index contributed by atoms with van der Waals surface area (Å²) < 4.78 is 13.7. The van der Waals surface area contributed by atoms with Crippen LogP contribution in [0.2, 0.25) is 0 Å². The van der Waals surface area contributed by atoms with Crippen LogP contribution < -0.4 is 4.57 Å². The van der Waals surface area contributed by atoms with Crippen LogP contribution in [0.15, 0.2) is 83.8 Å². The number of aryl methyl sites for hydroxylation is 2. The van der Waals surface area contributed by atoms with Crippen LogP contribution in [0.5, 0.6) is 0 Å². The highest BCUT2D eigenvalue weighted by Crippen LogP contribution is 2.46. The SMILES string of the molecule is Cc1c(-c2n(-c3c(C(C)C)cc4c(oc5ccccc54)c3C(C)C)cc[n+]2C)c2c(c3ccccc13)-n1ccnc1C2. The van der Waals surface area contributed by atoms with Crippen LogP contribution in [0.1, 0.15) is 67.6 Å². The van der Waals surface area contributed by atoms with Crippen molar-refractivity contribution in [2.24, 2.45) is 7.05 Å². The third kappa shape index (κ3) is 3.31. The van der Waals surface area contributed by atoms with E-state index in [2.05, 4.69) is 129 Å². The lowest BCUT2D eigenvalue weighted by Gasteiger charge is -2.20. The fourth-order valence-corrected chi connectivity index (χ4v) is 7.33. The lowest BCUT2D eigenvalue weighted by Crippen LogP contribution is -2.30. The maximum atomic E-state index is 6.65. The minimum absolute atomic E-state index is 0.260. The van der Waals surface area contributed by atoms with Gasteiger partial charge in [-0.05, 0) is 41.8 Å². The van der Waals surface area contributed by atoms with E-state index in [1.807, 2.05) is 6.20 Å². The van der Waals surface area contributed by atoms with E-state index in [4.69, 9.17) is 9.40 Å². The van der Waals surface area contributed by atoms with Gasteiger partial charge in [-0.15, -0.1) is 0 Å². The van der Waals surface area contributed by atoms with Gasteiger partial charge in [0.05, 0.1) is 18.3 Å². The molecule has 0 fully saturated rings. The number of benzene rings is 4. The Balaban J connectivity index is 1.51. The number of furan rings is 1. The average molecular weight is 552 g/mol. The molecule has 0 saturated heterocycles. The molecule has 0 radical (unpaired) electrons. The van der Waals surface area contributed by atoms with Crippen molar-refractivity contribution in [2.75, 3.05) is 0 Å². The lowest BCUT2D eigenvalue weighted by molar-refractivity contribution is -0.659. The summed E-state index contributed by atoms with van der Waals surface area (Å²) >= 11 is 0. The van der Waals surface area contributed by atoms with E-state index in [0.717, 1.165) is 23.4 Å². The molecule has 0 N–H and O–H groups in total. The molecule has 3 aromatic heterocycles. The molecule has 7 aromatic rings. The number of aromatic nitrogens is 4. The number of para-hydroxylation sites is 1. The van der Waals surface area contributed by atoms with Crippen molar-refractivity contribution >= 4 is 32.7 Å². The molecule has 5 heteroatoms. The molecule has 4 heterocycles. The van der Waals surface area contributed by atoms with Gasteiger partial charge in [0.25, 0.3) is 5.82 Å². The Kier molecular flexibility index (Phi) is 5.34. The van der Waals surface area contributed by atoms with Crippen molar-refractivity contribution in [3.63, 3.8) is 0 Å². The van der Waals surface area contributed by atoms with Crippen molar-refractivity contribution in [2.45, 2.75) is 52.9 Å². The van der Waals surface area contributed by atoms with Crippen LogP contribution in [-0.4, -0.2) is 14.1 Å². The van der Waals surface area contributed by atoms with Gasteiger partial charge < -0.3 is 8.98 Å². The van der Waals surface area contributed by atoms with Crippen molar-refractivity contribution in [1.82, 2.24) is 14.1 Å². The van der Waals surface area contributed by atoms with Crippen LogP contribution in [-0.2, 0) is 13.5 Å². The van der Waals surface area contributed by atoms with Gasteiger partial charge in [-0.1, -0.05) is 70.2 Å². The molecule has 0 unspecified atom stereocenters. The Bertz CT molecular complexity index is 2200. The third-order valence-corrected chi connectivity index (χ3v) is 9.21. The number of imidazole rings is 2. The van der Waals surface area contributed by atoms with Gasteiger partial charge in [-0.2, -0.15) is 4.57 Å². The Morgan fingerprint density at radius 1 is 0.833 bits per heavy atom. The molecule has 1 aliphatic heterocycles. The van der Waals surface area contributed by atoms with Gasteiger partial charge in [-0.3, -0.25) is 0 Å².